The zero-order valence-electron chi connectivity index (χ0n) is 16.4. The highest BCUT2D eigenvalue weighted by Crippen LogP contribution is 2.24. The summed E-state index contributed by atoms with van der Waals surface area (Å²) >= 11 is 0. The van der Waals surface area contributed by atoms with Crippen LogP contribution in [0.15, 0.2) is 45.9 Å². The molecular formula is C20H23N5O4. The summed E-state index contributed by atoms with van der Waals surface area (Å²) in [4.78, 5) is 37.2. The minimum atomic E-state index is -0.528. The van der Waals surface area contributed by atoms with Crippen molar-refractivity contribution in [1.82, 2.24) is 19.4 Å². The highest BCUT2D eigenvalue weighted by Gasteiger charge is 2.27. The third-order valence-corrected chi connectivity index (χ3v) is 4.95. The van der Waals surface area contributed by atoms with Gasteiger partial charge in [0.15, 0.2) is 11.4 Å². The third kappa shape index (κ3) is 3.94. The van der Waals surface area contributed by atoms with Crippen molar-refractivity contribution >= 4 is 22.8 Å². The van der Waals surface area contributed by atoms with Crippen LogP contribution in [-0.4, -0.2) is 58.6 Å². The van der Waals surface area contributed by atoms with Crippen LogP contribution in [0, 0.1) is 0 Å². The number of rotatable bonds is 5. The van der Waals surface area contributed by atoms with Crippen molar-refractivity contribution in [1.29, 1.82) is 0 Å². The average Bonchev–Trinajstić information content (AvgIpc) is 3.03. The minimum absolute atomic E-state index is 0.0589. The molecule has 3 aromatic rings. The Labute approximate surface area is 167 Å². The van der Waals surface area contributed by atoms with E-state index < -0.39 is 5.76 Å². The summed E-state index contributed by atoms with van der Waals surface area (Å²) in [5.74, 6) is 0.430. The lowest BCUT2D eigenvalue weighted by Crippen LogP contribution is -2.46. The molecule has 1 saturated heterocycles. The Bertz CT molecular complexity index is 1070. The summed E-state index contributed by atoms with van der Waals surface area (Å²) in [6, 6.07) is 7.09. The SMILES string of the molecule is CN(C)c1nccnc1OC1CCCN(C(=O)Cn2c(=O)oc3ccccc32)C1. The second kappa shape index (κ2) is 7.94. The number of carbonyl (C=O) groups is 1. The zero-order chi connectivity index (χ0) is 20.4. The summed E-state index contributed by atoms with van der Waals surface area (Å²) < 4.78 is 12.6. The number of hydrogen-bond donors (Lipinski definition) is 0. The van der Waals surface area contributed by atoms with E-state index in [0.717, 1.165) is 12.8 Å². The van der Waals surface area contributed by atoms with Gasteiger partial charge in [-0.05, 0) is 25.0 Å². The summed E-state index contributed by atoms with van der Waals surface area (Å²) in [5, 5.41) is 0. The van der Waals surface area contributed by atoms with Gasteiger partial charge in [-0.1, -0.05) is 12.1 Å². The molecule has 9 heteroatoms. The molecule has 1 amide bonds. The smallest absolute Gasteiger partial charge is 0.420 e. The van der Waals surface area contributed by atoms with Gasteiger partial charge in [-0.15, -0.1) is 0 Å². The van der Waals surface area contributed by atoms with E-state index >= 15 is 0 Å². The number of likely N-dealkylation sites (tertiary alicyclic amines) is 1. The van der Waals surface area contributed by atoms with E-state index in [1.165, 1.54) is 4.57 Å². The maximum atomic E-state index is 12.9. The number of aromatic nitrogens is 3. The molecule has 0 N–H and O–H groups in total. The zero-order valence-corrected chi connectivity index (χ0v) is 16.4. The number of nitrogens with zero attached hydrogens (tertiary/aromatic N) is 5. The Morgan fingerprint density at radius 2 is 2.07 bits per heavy atom. The fraction of sp³-hybridized carbons (Fsp3) is 0.400. The van der Waals surface area contributed by atoms with Gasteiger partial charge in [0.25, 0.3) is 5.88 Å². The van der Waals surface area contributed by atoms with Crippen molar-refractivity contribution in [2.24, 2.45) is 0 Å². The quantitative estimate of drug-likeness (QED) is 0.644. The van der Waals surface area contributed by atoms with Crippen molar-refractivity contribution in [3.8, 4) is 5.88 Å². The molecule has 1 unspecified atom stereocenters. The average molecular weight is 397 g/mol. The van der Waals surface area contributed by atoms with Gasteiger partial charge in [-0.3, -0.25) is 9.36 Å². The molecule has 1 aliphatic heterocycles. The van der Waals surface area contributed by atoms with Crippen LogP contribution in [-0.2, 0) is 11.3 Å². The molecule has 1 aliphatic rings. The Morgan fingerprint density at radius 1 is 1.28 bits per heavy atom. The predicted octanol–water partition coefficient (Wildman–Crippen LogP) is 1.52. The number of piperidine rings is 1. The van der Waals surface area contributed by atoms with Gasteiger partial charge in [0.1, 0.15) is 12.6 Å². The molecule has 3 heterocycles. The lowest BCUT2D eigenvalue weighted by molar-refractivity contribution is -0.134. The van der Waals surface area contributed by atoms with Gasteiger partial charge in [0, 0.05) is 33.0 Å². The van der Waals surface area contributed by atoms with Crippen molar-refractivity contribution in [2.75, 3.05) is 32.1 Å². The first-order valence-electron chi connectivity index (χ1n) is 9.54. The number of fused-ring (bicyclic) bond motifs is 1. The molecule has 0 radical (unpaired) electrons. The Kier molecular flexibility index (Phi) is 5.20. The molecule has 1 atom stereocenters. The van der Waals surface area contributed by atoms with Gasteiger partial charge in [-0.25, -0.2) is 14.8 Å². The molecule has 152 valence electrons. The highest BCUT2D eigenvalue weighted by atomic mass is 16.5. The van der Waals surface area contributed by atoms with Crippen molar-refractivity contribution in [3.63, 3.8) is 0 Å². The van der Waals surface area contributed by atoms with E-state index in [-0.39, 0.29) is 18.6 Å². The van der Waals surface area contributed by atoms with Crippen LogP contribution in [0.4, 0.5) is 5.82 Å². The molecule has 2 aromatic heterocycles. The minimum Gasteiger partial charge on any atom is -0.470 e. The van der Waals surface area contributed by atoms with Crippen LogP contribution in [0.3, 0.4) is 0 Å². The molecule has 9 nitrogen and oxygen atoms in total. The van der Waals surface area contributed by atoms with E-state index in [0.29, 0.717) is 35.9 Å². The maximum absolute atomic E-state index is 12.9. The van der Waals surface area contributed by atoms with Crippen LogP contribution in [0.5, 0.6) is 5.88 Å². The van der Waals surface area contributed by atoms with Gasteiger partial charge in [-0.2, -0.15) is 0 Å². The first-order valence-corrected chi connectivity index (χ1v) is 9.54. The van der Waals surface area contributed by atoms with Crippen molar-refractivity contribution < 1.29 is 13.9 Å². The number of amides is 1. The van der Waals surface area contributed by atoms with E-state index in [4.69, 9.17) is 9.15 Å². The van der Waals surface area contributed by atoms with Crippen LogP contribution in [0.1, 0.15) is 12.8 Å². The normalized spacial score (nSPS) is 16.8. The Morgan fingerprint density at radius 3 is 2.90 bits per heavy atom. The number of hydrogen-bond acceptors (Lipinski definition) is 7. The number of benzene rings is 1. The molecule has 1 fully saturated rings. The lowest BCUT2D eigenvalue weighted by atomic mass is 10.1. The second-order valence-electron chi connectivity index (χ2n) is 7.22. The molecule has 29 heavy (non-hydrogen) atoms. The van der Waals surface area contributed by atoms with Crippen molar-refractivity contribution in [2.45, 2.75) is 25.5 Å². The van der Waals surface area contributed by atoms with E-state index in [2.05, 4.69) is 9.97 Å². The predicted molar refractivity (Wildman–Crippen MR) is 107 cm³/mol. The standard InChI is InChI=1S/C20H23N5O4/c1-23(2)18-19(22-10-9-21-18)28-14-6-5-11-24(12-14)17(26)13-25-15-7-3-4-8-16(15)29-20(25)27/h3-4,7-10,14H,5-6,11-13H2,1-2H3. The Hall–Kier alpha value is -3.36. The fourth-order valence-electron chi connectivity index (χ4n) is 3.53. The summed E-state index contributed by atoms with van der Waals surface area (Å²) in [6.45, 7) is 1.01. The second-order valence-corrected chi connectivity index (χ2v) is 7.22. The number of oxazole rings is 1. The van der Waals surface area contributed by atoms with Crippen LogP contribution in [0.25, 0.3) is 11.1 Å². The molecule has 0 saturated carbocycles. The number of para-hydroxylation sites is 2. The van der Waals surface area contributed by atoms with Gasteiger partial charge in [0.2, 0.25) is 5.91 Å². The summed E-state index contributed by atoms with van der Waals surface area (Å²) in [7, 11) is 3.75. The molecule has 0 spiro atoms. The van der Waals surface area contributed by atoms with Crippen LogP contribution in [0.2, 0.25) is 0 Å². The number of anilines is 1. The van der Waals surface area contributed by atoms with E-state index in [9.17, 15) is 9.59 Å². The van der Waals surface area contributed by atoms with E-state index in [1.54, 1.807) is 35.5 Å². The van der Waals surface area contributed by atoms with E-state index in [1.807, 2.05) is 25.1 Å². The first kappa shape index (κ1) is 19.0. The number of carbonyl (C=O) groups excluding carboxylic acids is 1. The topological polar surface area (TPSA) is 93.7 Å². The molecule has 1 aromatic carbocycles. The van der Waals surface area contributed by atoms with Crippen LogP contribution >= 0.6 is 0 Å². The summed E-state index contributed by atoms with van der Waals surface area (Å²) in [5.41, 5.74) is 1.09. The summed E-state index contributed by atoms with van der Waals surface area (Å²) in [6.07, 6.45) is 4.66. The van der Waals surface area contributed by atoms with Crippen LogP contribution < -0.4 is 15.4 Å². The Balaban J connectivity index is 1.46. The first-order chi connectivity index (χ1) is 14.0. The highest BCUT2D eigenvalue weighted by molar-refractivity contribution is 5.79. The van der Waals surface area contributed by atoms with Gasteiger partial charge < -0.3 is 19.0 Å². The van der Waals surface area contributed by atoms with Gasteiger partial charge in [0.05, 0.1) is 12.1 Å². The largest absolute Gasteiger partial charge is 0.470 e. The molecule has 0 bridgehead atoms. The monoisotopic (exact) mass is 397 g/mol. The number of ether oxygens (including phenoxy) is 1. The third-order valence-electron chi connectivity index (χ3n) is 4.95. The lowest BCUT2D eigenvalue weighted by Gasteiger charge is -2.33. The fourth-order valence-corrected chi connectivity index (χ4v) is 3.53. The molecule has 0 aliphatic carbocycles. The maximum Gasteiger partial charge on any atom is 0.420 e. The molecular weight excluding hydrogens is 374 g/mol. The van der Waals surface area contributed by atoms with Gasteiger partial charge >= 0.3 is 5.76 Å². The molecule has 4 rings (SSSR count). The van der Waals surface area contributed by atoms with Crippen molar-refractivity contribution in [3.05, 3.63) is 47.2 Å².